The van der Waals surface area contributed by atoms with Crippen LogP contribution in [0, 0.1) is 0 Å². The lowest BCUT2D eigenvalue weighted by Crippen LogP contribution is -2.28. The highest BCUT2D eigenvalue weighted by atomic mass is 32.2. The number of methoxy groups -OCH3 is 2. The van der Waals surface area contributed by atoms with E-state index in [0.717, 1.165) is 10.9 Å². The molecule has 0 aliphatic rings. The molecule has 0 saturated carbocycles. The Hall–Kier alpha value is -3.33. The number of anilines is 2. The van der Waals surface area contributed by atoms with E-state index < -0.39 is 14.6 Å². The van der Waals surface area contributed by atoms with E-state index in [1.54, 1.807) is 52.3 Å². The van der Waals surface area contributed by atoms with Crippen LogP contribution < -0.4 is 14.8 Å². The molecule has 2 aromatic heterocycles. The normalized spacial score (nSPS) is 12.3. The SMILES string of the molecule is COc1ccc2[nH]nc(Nc3ccnc4cc(OC)c(S(=O)(=O)C(C)(C)C)cc34)c2c1. The molecule has 0 aliphatic heterocycles. The second kappa shape index (κ2) is 7.42. The maximum Gasteiger partial charge on any atom is 0.186 e. The van der Waals surface area contributed by atoms with Gasteiger partial charge in [-0.3, -0.25) is 10.1 Å². The number of fused-ring (bicyclic) bond motifs is 2. The van der Waals surface area contributed by atoms with Gasteiger partial charge in [0.15, 0.2) is 15.7 Å². The van der Waals surface area contributed by atoms with Crippen LogP contribution in [0.4, 0.5) is 11.5 Å². The van der Waals surface area contributed by atoms with Gasteiger partial charge >= 0.3 is 0 Å². The molecular weight excluding hydrogens is 416 g/mol. The first-order chi connectivity index (χ1) is 14.7. The number of ether oxygens (including phenoxy) is 2. The first-order valence-electron chi connectivity index (χ1n) is 9.66. The number of benzene rings is 2. The Bertz CT molecular complexity index is 1390. The average Bonchev–Trinajstić information content (AvgIpc) is 3.14. The number of nitrogens with zero attached hydrogens (tertiary/aromatic N) is 2. The quantitative estimate of drug-likeness (QED) is 0.472. The van der Waals surface area contributed by atoms with Crippen molar-refractivity contribution < 1.29 is 17.9 Å². The van der Waals surface area contributed by atoms with Crippen LogP contribution in [-0.4, -0.2) is 42.6 Å². The van der Waals surface area contributed by atoms with Gasteiger partial charge in [0.25, 0.3) is 0 Å². The number of aromatic nitrogens is 3. The molecule has 162 valence electrons. The molecule has 4 aromatic rings. The largest absolute Gasteiger partial charge is 0.497 e. The average molecular weight is 441 g/mol. The molecule has 9 heteroatoms. The van der Waals surface area contributed by atoms with Gasteiger partial charge in [0.1, 0.15) is 16.4 Å². The number of aromatic amines is 1. The lowest BCUT2D eigenvalue weighted by Gasteiger charge is -2.21. The van der Waals surface area contributed by atoms with Crippen LogP contribution in [0.2, 0.25) is 0 Å². The van der Waals surface area contributed by atoms with E-state index in [1.165, 1.54) is 7.11 Å². The Morgan fingerprint density at radius 1 is 1.00 bits per heavy atom. The van der Waals surface area contributed by atoms with Gasteiger partial charge in [-0.25, -0.2) is 8.42 Å². The van der Waals surface area contributed by atoms with Gasteiger partial charge < -0.3 is 14.8 Å². The molecular formula is C22H24N4O4S. The van der Waals surface area contributed by atoms with Crippen molar-refractivity contribution in [1.29, 1.82) is 0 Å². The Morgan fingerprint density at radius 3 is 2.45 bits per heavy atom. The predicted octanol–water partition coefficient (Wildman–Crippen LogP) is 4.44. The number of hydrogen-bond donors (Lipinski definition) is 2. The fourth-order valence-corrected chi connectivity index (χ4v) is 4.64. The van der Waals surface area contributed by atoms with E-state index >= 15 is 0 Å². The highest BCUT2D eigenvalue weighted by Crippen LogP contribution is 2.38. The second-order valence-electron chi connectivity index (χ2n) is 8.10. The van der Waals surface area contributed by atoms with Crippen molar-refractivity contribution in [2.75, 3.05) is 19.5 Å². The number of H-pyrrole nitrogens is 1. The summed E-state index contributed by atoms with van der Waals surface area (Å²) < 4.78 is 36.1. The highest BCUT2D eigenvalue weighted by Gasteiger charge is 2.34. The Morgan fingerprint density at radius 2 is 1.77 bits per heavy atom. The lowest BCUT2D eigenvalue weighted by atomic mass is 10.1. The Kier molecular flexibility index (Phi) is 5.01. The predicted molar refractivity (Wildman–Crippen MR) is 121 cm³/mol. The Balaban J connectivity index is 1.89. The summed E-state index contributed by atoms with van der Waals surface area (Å²) in [7, 11) is -0.593. The van der Waals surface area contributed by atoms with Crippen molar-refractivity contribution in [3.63, 3.8) is 0 Å². The zero-order valence-electron chi connectivity index (χ0n) is 18.0. The molecule has 2 N–H and O–H groups in total. The molecule has 8 nitrogen and oxygen atoms in total. The topological polar surface area (TPSA) is 106 Å². The first kappa shape index (κ1) is 20.9. The molecule has 0 radical (unpaired) electrons. The first-order valence-corrected chi connectivity index (χ1v) is 11.1. The van der Waals surface area contributed by atoms with Crippen LogP contribution in [0.25, 0.3) is 21.8 Å². The van der Waals surface area contributed by atoms with E-state index in [4.69, 9.17) is 9.47 Å². The van der Waals surface area contributed by atoms with E-state index in [2.05, 4.69) is 20.5 Å². The van der Waals surface area contributed by atoms with Crippen LogP contribution in [0.3, 0.4) is 0 Å². The number of sulfone groups is 1. The minimum absolute atomic E-state index is 0.125. The maximum absolute atomic E-state index is 13.2. The molecule has 2 aromatic carbocycles. The number of hydrogen-bond acceptors (Lipinski definition) is 7. The van der Waals surface area contributed by atoms with E-state index in [-0.39, 0.29) is 10.6 Å². The van der Waals surface area contributed by atoms with Crippen molar-refractivity contribution in [3.05, 3.63) is 42.6 Å². The van der Waals surface area contributed by atoms with Gasteiger partial charge in [0.2, 0.25) is 0 Å². The highest BCUT2D eigenvalue weighted by molar-refractivity contribution is 7.92. The molecule has 2 heterocycles. The number of rotatable bonds is 5. The zero-order valence-corrected chi connectivity index (χ0v) is 18.8. The smallest absolute Gasteiger partial charge is 0.186 e. The third-order valence-corrected chi connectivity index (χ3v) is 7.66. The summed E-state index contributed by atoms with van der Waals surface area (Å²) in [6, 6.07) is 10.6. The monoisotopic (exact) mass is 440 g/mol. The Labute approximate surface area is 180 Å². The fourth-order valence-electron chi connectivity index (χ4n) is 3.30. The lowest BCUT2D eigenvalue weighted by molar-refractivity contribution is 0.402. The van der Waals surface area contributed by atoms with Crippen molar-refractivity contribution in [2.24, 2.45) is 0 Å². The van der Waals surface area contributed by atoms with Crippen LogP contribution in [0.1, 0.15) is 20.8 Å². The minimum Gasteiger partial charge on any atom is -0.497 e. The minimum atomic E-state index is -3.65. The van der Waals surface area contributed by atoms with Crippen molar-refractivity contribution in [1.82, 2.24) is 15.2 Å². The third kappa shape index (κ3) is 3.54. The molecule has 0 unspecified atom stereocenters. The van der Waals surface area contributed by atoms with E-state index in [0.29, 0.717) is 28.2 Å². The molecule has 0 aliphatic carbocycles. The molecule has 0 spiro atoms. The second-order valence-corrected chi connectivity index (χ2v) is 10.8. The van der Waals surface area contributed by atoms with Gasteiger partial charge in [-0.05, 0) is 51.1 Å². The van der Waals surface area contributed by atoms with Gasteiger partial charge in [-0.1, -0.05) is 0 Å². The standard InChI is InChI=1S/C22H24N4O4S/c1-22(2,3)31(27,28)20-11-14-16(8-9-23-18(14)12-19(20)30-5)24-21-15-10-13(29-4)6-7-17(15)25-26-21/h6-12H,1-5H3,(H2,23,24,25,26). The van der Waals surface area contributed by atoms with Crippen LogP contribution in [0.15, 0.2) is 47.5 Å². The molecule has 0 saturated heterocycles. The third-order valence-electron chi connectivity index (χ3n) is 5.15. The zero-order chi connectivity index (χ0) is 22.4. The number of nitrogens with one attached hydrogen (secondary N) is 2. The van der Waals surface area contributed by atoms with Crippen molar-refractivity contribution in [2.45, 2.75) is 30.4 Å². The maximum atomic E-state index is 13.2. The van der Waals surface area contributed by atoms with Gasteiger partial charge in [0, 0.05) is 23.0 Å². The van der Waals surface area contributed by atoms with Crippen LogP contribution >= 0.6 is 0 Å². The fraction of sp³-hybridized carbons (Fsp3) is 0.273. The van der Waals surface area contributed by atoms with E-state index in [9.17, 15) is 8.42 Å². The summed E-state index contributed by atoms with van der Waals surface area (Å²) in [6.45, 7) is 4.99. The van der Waals surface area contributed by atoms with E-state index in [1.807, 2.05) is 18.2 Å². The molecule has 31 heavy (non-hydrogen) atoms. The molecule has 0 atom stereocenters. The van der Waals surface area contributed by atoms with Crippen molar-refractivity contribution >= 4 is 43.1 Å². The summed E-state index contributed by atoms with van der Waals surface area (Å²) in [5.74, 6) is 1.57. The molecule has 0 bridgehead atoms. The number of pyridine rings is 1. The molecule has 4 rings (SSSR count). The summed E-state index contributed by atoms with van der Waals surface area (Å²) in [5.41, 5.74) is 2.13. The summed E-state index contributed by atoms with van der Waals surface area (Å²) in [5, 5.41) is 12.1. The summed E-state index contributed by atoms with van der Waals surface area (Å²) in [4.78, 5) is 4.52. The van der Waals surface area contributed by atoms with Gasteiger partial charge in [0.05, 0.1) is 35.7 Å². The molecule has 0 fully saturated rings. The van der Waals surface area contributed by atoms with Gasteiger partial charge in [-0.2, -0.15) is 5.10 Å². The van der Waals surface area contributed by atoms with Crippen LogP contribution in [0.5, 0.6) is 11.5 Å². The molecule has 0 amide bonds. The summed E-state index contributed by atoms with van der Waals surface area (Å²) >= 11 is 0. The van der Waals surface area contributed by atoms with Crippen LogP contribution in [-0.2, 0) is 9.84 Å². The van der Waals surface area contributed by atoms with Gasteiger partial charge in [-0.15, -0.1) is 0 Å². The summed E-state index contributed by atoms with van der Waals surface area (Å²) in [6.07, 6.45) is 1.65. The van der Waals surface area contributed by atoms with Crippen molar-refractivity contribution in [3.8, 4) is 11.5 Å².